The zero-order chi connectivity index (χ0) is 25.0. The fraction of sp³-hybridized carbons (Fsp3) is 0.889. The minimum Gasteiger partial charge on any atom is -0.550 e. The summed E-state index contributed by atoms with van der Waals surface area (Å²) in [6.45, 7) is 2.27. The van der Waals surface area contributed by atoms with E-state index >= 15 is 0 Å². The van der Waals surface area contributed by atoms with Gasteiger partial charge in [-0.15, -0.1) is 0 Å². The fourth-order valence-electron chi connectivity index (χ4n) is 3.72. The Balaban J connectivity index is -0.000000598. The molecule has 0 saturated carbocycles. The van der Waals surface area contributed by atoms with E-state index in [1.165, 1.54) is 83.5 Å². The van der Waals surface area contributed by atoms with Crippen molar-refractivity contribution in [2.75, 3.05) is 0 Å². The van der Waals surface area contributed by atoms with Crippen molar-refractivity contribution in [3.8, 4) is 0 Å². The summed E-state index contributed by atoms with van der Waals surface area (Å²) in [5, 5.41) is 26.8. The molecule has 0 fully saturated rings. The third-order valence-corrected chi connectivity index (χ3v) is 5.77. The van der Waals surface area contributed by atoms with E-state index in [9.17, 15) is 19.5 Å². The van der Waals surface area contributed by atoms with Crippen molar-refractivity contribution < 1.29 is 48.6 Å². The van der Waals surface area contributed by atoms with Crippen LogP contribution < -0.4 is 24.0 Å². The Labute approximate surface area is 220 Å². The molecule has 6 nitrogen and oxygen atoms in total. The van der Waals surface area contributed by atoms with Crippen LogP contribution in [0.15, 0.2) is 0 Å². The number of hydrogen-bond acceptors (Lipinski definition) is 4. The standard InChI is InChI=1S/C18H36O2.C9H16O4.Li/c1-2-3-4-5-6-7-8-9-10-11-12-13-14-15-16-17-18(19)20;10-8(11)6-4-2-1-3-5-7-9(12)13;/h2-17H2,1H3,(H,19,20);1-7H2,(H,10,11)(H,12,13);/q;;+1/p-1. The number of rotatable bonds is 24. The SMILES string of the molecule is CCCCCCCCCCCCCCCCCC(=O)[O-].O=C(O)CCCCCCCC(=O)O.[Li+]. The minimum absolute atomic E-state index is 0. The van der Waals surface area contributed by atoms with Crippen molar-refractivity contribution in [3.05, 3.63) is 0 Å². The van der Waals surface area contributed by atoms with Crippen molar-refractivity contribution >= 4 is 17.9 Å². The first-order valence-corrected chi connectivity index (χ1v) is 13.5. The van der Waals surface area contributed by atoms with Crippen LogP contribution in [-0.2, 0) is 14.4 Å². The van der Waals surface area contributed by atoms with Crippen LogP contribution in [0, 0.1) is 0 Å². The Hall–Kier alpha value is -0.993. The molecule has 0 aliphatic rings. The second-order valence-electron chi connectivity index (χ2n) is 9.13. The van der Waals surface area contributed by atoms with E-state index in [2.05, 4.69) is 6.92 Å². The number of carboxylic acids is 3. The number of unbranched alkanes of at least 4 members (excludes halogenated alkanes) is 18. The molecule has 0 unspecified atom stereocenters. The van der Waals surface area contributed by atoms with Gasteiger partial charge in [0, 0.05) is 18.8 Å². The monoisotopic (exact) mass is 478 g/mol. The molecule has 196 valence electrons. The second-order valence-corrected chi connectivity index (χ2v) is 9.13. The first kappa shape index (κ1) is 37.6. The molecule has 0 amide bonds. The topological polar surface area (TPSA) is 115 Å². The Morgan fingerprint density at radius 2 is 0.706 bits per heavy atom. The van der Waals surface area contributed by atoms with Gasteiger partial charge in [0.15, 0.2) is 0 Å². The quantitative estimate of drug-likeness (QED) is 0.161. The maximum atomic E-state index is 10.2. The summed E-state index contributed by atoms with van der Waals surface area (Å²) < 4.78 is 0. The van der Waals surface area contributed by atoms with E-state index in [1.807, 2.05) is 0 Å². The normalized spacial score (nSPS) is 10.1. The van der Waals surface area contributed by atoms with Gasteiger partial charge in [-0.2, -0.15) is 0 Å². The molecule has 7 heteroatoms. The predicted molar refractivity (Wildman–Crippen MR) is 132 cm³/mol. The van der Waals surface area contributed by atoms with Gasteiger partial charge in [0.2, 0.25) is 0 Å². The third-order valence-electron chi connectivity index (χ3n) is 5.77. The summed E-state index contributed by atoms with van der Waals surface area (Å²) in [6.07, 6.45) is 24.4. The number of aliphatic carboxylic acids is 3. The number of carbonyl (C=O) groups is 3. The van der Waals surface area contributed by atoms with Gasteiger partial charge in [0.05, 0.1) is 0 Å². The molecule has 0 aliphatic heterocycles. The van der Waals surface area contributed by atoms with Crippen LogP contribution in [0.3, 0.4) is 0 Å². The van der Waals surface area contributed by atoms with Crippen LogP contribution in [0.2, 0.25) is 0 Å². The average Bonchev–Trinajstić information content (AvgIpc) is 2.75. The van der Waals surface area contributed by atoms with Crippen molar-refractivity contribution in [2.45, 2.75) is 155 Å². The predicted octanol–water partition coefficient (Wildman–Crippen LogP) is 3.89. The largest absolute Gasteiger partial charge is 1.00 e. The molecule has 0 atom stereocenters. The molecule has 0 rings (SSSR count). The van der Waals surface area contributed by atoms with Crippen LogP contribution in [0.4, 0.5) is 0 Å². The van der Waals surface area contributed by atoms with E-state index in [1.54, 1.807) is 0 Å². The van der Waals surface area contributed by atoms with Crippen LogP contribution in [-0.4, -0.2) is 28.1 Å². The van der Waals surface area contributed by atoms with Gasteiger partial charge in [-0.25, -0.2) is 0 Å². The molecule has 0 radical (unpaired) electrons. The summed E-state index contributed by atoms with van der Waals surface area (Å²) in [5.41, 5.74) is 0. The van der Waals surface area contributed by atoms with E-state index in [0.717, 1.165) is 32.1 Å². The summed E-state index contributed by atoms with van der Waals surface area (Å²) in [4.78, 5) is 30.4. The van der Waals surface area contributed by atoms with Crippen molar-refractivity contribution in [1.29, 1.82) is 0 Å². The van der Waals surface area contributed by atoms with E-state index in [0.29, 0.717) is 12.8 Å². The maximum Gasteiger partial charge on any atom is 1.00 e. The van der Waals surface area contributed by atoms with E-state index in [4.69, 9.17) is 10.2 Å². The van der Waals surface area contributed by atoms with Gasteiger partial charge in [0.25, 0.3) is 0 Å². The van der Waals surface area contributed by atoms with Gasteiger partial charge in [-0.3, -0.25) is 9.59 Å². The summed E-state index contributed by atoms with van der Waals surface area (Å²) in [5.74, 6) is -2.42. The Morgan fingerprint density at radius 1 is 0.471 bits per heavy atom. The Kier molecular flexibility index (Phi) is 35.4. The molecule has 0 aliphatic carbocycles. The molecule has 0 saturated heterocycles. The summed E-state index contributed by atoms with van der Waals surface area (Å²) in [6, 6.07) is 0. The van der Waals surface area contributed by atoms with E-state index < -0.39 is 17.9 Å². The first-order valence-electron chi connectivity index (χ1n) is 13.5. The molecule has 2 N–H and O–H groups in total. The first-order chi connectivity index (χ1) is 15.9. The van der Waals surface area contributed by atoms with Gasteiger partial charge in [0.1, 0.15) is 0 Å². The Bertz CT molecular complexity index is 438. The smallest absolute Gasteiger partial charge is 0.550 e. The van der Waals surface area contributed by atoms with Gasteiger partial charge >= 0.3 is 30.8 Å². The summed E-state index contributed by atoms with van der Waals surface area (Å²) in [7, 11) is 0. The number of carbonyl (C=O) groups excluding carboxylic acids is 1. The molecule has 0 aromatic carbocycles. The van der Waals surface area contributed by atoms with Crippen molar-refractivity contribution in [2.24, 2.45) is 0 Å². The zero-order valence-corrected chi connectivity index (χ0v) is 22.3. The average molecular weight is 479 g/mol. The summed E-state index contributed by atoms with van der Waals surface area (Å²) >= 11 is 0. The third kappa shape index (κ3) is 41.3. The molecule has 0 bridgehead atoms. The van der Waals surface area contributed by atoms with Gasteiger partial charge in [-0.05, 0) is 25.7 Å². The molecular weight excluding hydrogens is 427 g/mol. The van der Waals surface area contributed by atoms with Crippen LogP contribution >= 0.6 is 0 Å². The molecule has 0 aromatic rings. The van der Waals surface area contributed by atoms with E-state index in [-0.39, 0.29) is 38.1 Å². The van der Waals surface area contributed by atoms with Crippen molar-refractivity contribution in [1.82, 2.24) is 0 Å². The fourth-order valence-corrected chi connectivity index (χ4v) is 3.72. The maximum absolute atomic E-state index is 10.2. The second kappa shape index (κ2) is 32.0. The molecule has 34 heavy (non-hydrogen) atoms. The molecule has 0 spiro atoms. The van der Waals surface area contributed by atoms with Crippen molar-refractivity contribution in [3.63, 3.8) is 0 Å². The zero-order valence-electron chi connectivity index (χ0n) is 22.3. The number of hydrogen-bond donors (Lipinski definition) is 2. The van der Waals surface area contributed by atoms with Gasteiger partial charge < -0.3 is 20.1 Å². The molecular formula is C27H51LiO6. The Morgan fingerprint density at radius 3 is 0.941 bits per heavy atom. The minimum atomic E-state index is -0.903. The molecule has 0 aromatic heterocycles. The molecule has 0 heterocycles. The van der Waals surface area contributed by atoms with Crippen LogP contribution in [0.1, 0.15) is 155 Å². The van der Waals surface area contributed by atoms with Gasteiger partial charge in [-0.1, -0.05) is 116 Å². The van der Waals surface area contributed by atoms with Crippen LogP contribution in [0.25, 0.3) is 0 Å². The van der Waals surface area contributed by atoms with Crippen LogP contribution in [0.5, 0.6) is 0 Å². The number of carboxylic acid groups (broad SMARTS) is 3.